The van der Waals surface area contributed by atoms with Gasteiger partial charge in [0.05, 0.1) is 11.1 Å². The van der Waals surface area contributed by atoms with Gasteiger partial charge >= 0.3 is 0 Å². The first-order chi connectivity index (χ1) is 9.24. The summed E-state index contributed by atoms with van der Waals surface area (Å²) in [7, 11) is 1.80. The quantitative estimate of drug-likeness (QED) is 0.913. The van der Waals surface area contributed by atoms with E-state index in [2.05, 4.69) is 29.2 Å². The molecule has 3 nitrogen and oxygen atoms in total. The molecule has 0 bridgehead atoms. The average molecular weight is 256 g/mol. The molecular weight excluding hydrogens is 236 g/mol. The van der Waals surface area contributed by atoms with Crippen molar-refractivity contribution in [2.45, 2.75) is 37.3 Å². The lowest BCUT2D eigenvalue weighted by Crippen LogP contribution is -2.41. The fourth-order valence-electron chi connectivity index (χ4n) is 3.00. The minimum Gasteiger partial charge on any atom is -0.378 e. The van der Waals surface area contributed by atoms with Crippen molar-refractivity contribution in [1.29, 1.82) is 0 Å². The molecule has 19 heavy (non-hydrogen) atoms. The molecule has 0 saturated heterocycles. The Bertz CT molecular complexity index is 567. The molecule has 2 aromatic rings. The molecule has 1 heterocycles. The molecule has 0 aliphatic heterocycles. The molecule has 1 atom stereocenters. The Morgan fingerprint density at radius 2 is 2.11 bits per heavy atom. The van der Waals surface area contributed by atoms with E-state index in [0.29, 0.717) is 0 Å². The fraction of sp³-hybridized carbons (Fsp3) is 0.438. The number of hydrogen-bond donors (Lipinski definition) is 1. The molecule has 1 aliphatic carbocycles. The predicted octanol–water partition coefficient (Wildman–Crippen LogP) is 3.19. The average Bonchev–Trinajstić information content (AvgIpc) is 2.42. The van der Waals surface area contributed by atoms with Gasteiger partial charge in [-0.3, -0.25) is 4.98 Å². The lowest BCUT2D eigenvalue weighted by atomic mass is 9.74. The second-order valence-electron chi connectivity index (χ2n) is 5.47. The zero-order valence-electron chi connectivity index (χ0n) is 11.3. The van der Waals surface area contributed by atoms with Gasteiger partial charge < -0.3 is 10.5 Å². The molecule has 0 radical (unpaired) electrons. The van der Waals surface area contributed by atoms with E-state index in [4.69, 9.17) is 10.5 Å². The van der Waals surface area contributed by atoms with Crippen molar-refractivity contribution >= 4 is 10.9 Å². The monoisotopic (exact) mass is 256 g/mol. The van der Waals surface area contributed by atoms with E-state index >= 15 is 0 Å². The summed E-state index contributed by atoms with van der Waals surface area (Å²) in [4.78, 5) is 4.48. The summed E-state index contributed by atoms with van der Waals surface area (Å²) in [5.41, 5.74) is 8.55. The van der Waals surface area contributed by atoms with Crippen LogP contribution in [-0.2, 0) is 4.74 Å². The van der Waals surface area contributed by atoms with Crippen molar-refractivity contribution in [3.05, 3.63) is 42.1 Å². The number of pyridine rings is 1. The van der Waals surface area contributed by atoms with Crippen molar-refractivity contribution in [1.82, 2.24) is 4.98 Å². The molecule has 2 N–H and O–H groups in total. The third kappa shape index (κ3) is 2.24. The van der Waals surface area contributed by atoms with Gasteiger partial charge in [0, 0.05) is 24.7 Å². The van der Waals surface area contributed by atoms with Crippen LogP contribution in [0, 0.1) is 0 Å². The highest BCUT2D eigenvalue weighted by Gasteiger charge is 2.38. The number of nitrogens with zero attached hydrogens (tertiary/aromatic N) is 1. The summed E-state index contributed by atoms with van der Waals surface area (Å²) in [6, 6.07) is 10.2. The summed E-state index contributed by atoms with van der Waals surface area (Å²) in [6.45, 7) is 0. The van der Waals surface area contributed by atoms with E-state index in [1.165, 1.54) is 6.42 Å². The molecule has 0 amide bonds. The maximum atomic E-state index is 6.41. The van der Waals surface area contributed by atoms with Crippen LogP contribution < -0.4 is 5.73 Å². The van der Waals surface area contributed by atoms with Gasteiger partial charge in [0.1, 0.15) is 0 Å². The molecule has 1 unspecified atom stereocenters. The van der Waals surface area contributed by atoms with Crippen molar-refractivity contribution in [3.63, 3.8) is 0 Å². The standard InChI is InChI=1S/C16H20N2O/c1-19-16(8-4-9-16)11-14(17)13-7-2-5-12-6-3-10-18-15(12)13/h2-3,5-7,10,14H,4,8-9,11,17H2,1H3. The van der Waals surface area contributed by atoms with Crippen molar-refractivity contribution in [2.24, 2.45) is 5.73 Å². The SMILES string of the molecule is COC1(CC(N)c2cccc3cccnc23)CCC1. The predicted molar refractivity (Wildman–Crippen MR) is 76.9 cm³/mol. The van der Waals surface area contributed by atoms with Crippen LogP contribution in [0.25, 0.3) is 10.9 Å². The van der Waals surface area contributed by atoms with E-state index in [0.717, 1.165) is 35.7 Å². The van der Waals surface area contributed by atoms with Gasteiger partial charge in [0.15, 0.2) is 0 Å². The van der Waals surface area contributed by atoms with Crippen molar-refractivity contribution in [3.8, 4) is 0 Å². The molecule has 0 spiro atoms. The lowest BCUT2D eigenvalue weighted by Gasteiger charge is -2.42. The molecule has 3 rings (SSSR count). The first-order valence-electron chi connectivity index (χ1n) is 6.88. The van der Waals surface area contributed by atoms with Gasteiger partial charge in [-0.05, 0) is 37.3 Å². The number of benzene rings is 1. The third-order valence-corrected chi connectivity index (χ3v) is 4.35. The Kier molecular flexibility index (Phi) is 3.25. The van der Waals surface area contributed by atoms with Crippen LogP contribution in [0.3, 0.4) is 0 Å². The van der Waals surface area contributed by atoms with Crippen LogP contribution in [0.2, 0.25) is 0 Å². The summed E-state index contributed by atoms with van der Waals surface area (Å²) in [5.74, 6) is 0. The van der Waals surface area contributed by atoms with E-state index in [9.17, 15) is 0 Å². The molecule has 1 aromatic heterocycles. The number of fused-ring (bicyclic) bond motifs is 1. The molecule has 100 valence electrons. The molecule has 3 heteroatoms. The number of methoxy groups -OCH3 is 1. The minimum atomic E-state index is -0.0150. The summed E-state index contributed by atoms with van der Waals surface area (Å²) in [5, 5.41) is 1.15. The van der Waals surface area contributed by atoms with Gasteiger partial charge in [-0.2, -0.15) is 0 Å². The third-order valence-electron chi connectivity index (χ3n) is 4.35. The molecule has 1 aromatic carbocycles. The van der Waals surface area contributed by atoms with Crippen LogP contribution in [-0.4, -0.2) is 17.7 Å². The maximum Gasteiger partial charge on any atom is 0.0749 e. The zero-order valence-corrected chi connectivity index (χ0v) is 11.3. The first-order valence-corrected chi connectivity index (χ1v) is 6.88. The Morgan fingerprint density at radius 3 is 2.79 bits per heavy atom. The molecular formula is C16H20N2O. The highest BCUT2D eigenvalue weighted by molar-refractivity contribution is 5.81. The Labute approximate surface area is 113 Å². The normalized spacial score (nSPS) is 19.1. The Morgan fingerprint density at radius 1 is 1.32 bits per heavy atom. The zero-order chi connectivity index (χ0) is 13.3. The largest absolute Gasteiger partial charge is 0.378 e. The first kappa shape index (κ1) is 12.6. The van der Waals surface area contributed by atoms with Crippen LogP contribution >= 0.6 is 0 Å². The topological polar surface area (TPSA) is 48.1 Å². The molecule has 1 saturated carbocycles. The number of aromatic nitrogens is 1. The van der Waals surface area contributed by atoms with Gasteiger partial charge in [0.2, 0.25) is 0 Å². The summed E-state index contributed by atoms with van der Waals surface area (Å²) in [6.07, 6.45) is 6.19. The van der Waals surface area contributed by atoms with Crippen LogP contribution in [0.15, 0.2) is 36.5 Å². The number of ether oxygens (including phenoxy) is 1. The van der Waals surface area contributed by atoms with E-state index in [-0.39, 0.29) is 11.6 Å². The molecule has 1 aliphatic rings. The molecule has 1 fully saturated rings. The van der Waals surface area contributed by atoms with Crippen LogP contribution in [0.5, 0.6) is 0 Å². The van der Waals surface area contributed by atoms with E-state index in [1.54, 1.807) is 7.11 Å². The number of nitrogens with two attached hydrogens (primary N) is 1. The highest BCUT2D eigenvalue weighted by atomic mass is 16.5. The van der Waals surface area contributed by atoms with Crippen molar-refractivity contribution in [2.75, 3.05) is 7.11 Å². The second-order valence-corrected chi connectivity index (χ2v) is 5.47. The highest BCUT2D eigenvalue weighted by Crippen LogP contribution is 2.41. The number of para-hydroxylation sites is 1. The maximum absolute atomic E-state index is 6.41. The van der Waals surface area contributed by atoms with E-state index in [1.807, 2.05) is 12.3 Å². The second kappa shape index (κ2) is 4.91. The van der Waals surface area contributed by atoms with Crippen molar-refractivity contribution < 1.29 is 4.74 Å². The van der Waals surface area contributed by atoms with Crippen LogP contribution in [0.4, 0.5) is 0 Å². The van der Waals surface area contributed by atoms with E-state index < -0.39 is 0 Å². The fourth-order valence-corrected chi connectivity index (χ4v) is 3.00. The minimum absolute atomic E-state index is 0.00361. The number of hydrogen-bond acceptors (Lipinski definition) is 3. The smallest absolute Gasteiger partial charge is 0.0749 e. The number of rotatable bonds is 4. The van der Waals surface area contributed by atoms with Gasteiger partial charge in [0.25, 0.3) is 0 Å². The Hall–Kier alpha value is -1.45. The van der Waals surface area contributed by atoms with Gasteiger partial charge in [-0.25, -0.2) is 0 Å². The van der Waals surface area contributed by atoms with Gasteiger partial charge in [-0.15, -0.1) is 0 Å². The lowest BCUT2D eigenvalue weighted by molar-refractivity contribution is -0.0816. The van der Waals surface area contributed by atoms with Crippen LogP contribution in [0.1, 0.15) is 37.3 Å². The van der Waals surface area contributed by atoms with Gasteiger partial charge in [-0.1, -0.05) is 24.3 Å². The summed E-state index contributed by atoms with van der Waals surface area (Å²) >= 11 is 0. The summed E-state index contributed by atoms with van der Waals surface area (Å²) < 4.78 is 5.68. The Balaban J connectivity index is 1.91.